The van der Waals surface area contributed by atoms with Crippen molar-refractivity contribution in [2.75, 3.05) is 32.4 Å². The summed E-state index contributed by atoms with van der Waals surface area (Å²) in [6.07, 6.45) is 0.816. The number of para-hydroxylation sites is 1. The third-order valence-electron chi connectivity index (χ3n) is 5.69. The lowest BCUT2D eigenvalue weighted by atomic mass is 10.2. The summed E-state index contributed by atoms with van der Waals surface area (Å²) in [5, 5.41) is 1.11. The minimum absolute atomic E-state index is 0.0881. The van der Waals surface area contributed by atoms with Crippen molar-refractivity contribution in [3.8, 4) is 0 Å². The maximum absolute atomic E-state index is 13.9. The molecule has 176 valence electrons. The summed E-state index contributed by atoms with van der Waals surface area (Å²) in [5.74, 6) is -0.366. The number of hydrogen-bond acceptors (Lipinski definition) is 5. The number of aromatic nitrogens is 2. The number of rotatable bonds is 11. The summed E-state index contributed by atoms with van der Waals surface area (Å²) in [7, 11) is 1.65. The fourth-order valence-electron chi connectivity index (χ4n) is 3.65. The second-order valence-corrected chi connectivity index (χ2v) is 8.82. The third kappa shape index (κ3) is 6.42. The summed E-state index contributed by atoms with van der Waals surface area (Å²) >= 11 is 1.25. The first kappa shape index (κ1) is 24.9. The van der Waals surface area contributed by atoms with Gasteiger partial charge in [-0.1, -0.05) is 55.9 Å². The fraction of sp³-hybridized carbons (Fsp3) is 0.400. The molecular weight excluding hydrogens is 439 g/mol. The predicted octanol–water partition coefficient (Wildman–Crippen LogP) is 4.02. The molecule has 0 saturated heterocycles. The van der Waals surface area contributed by atoms with E-state index in [-0.39, 0.29) is 29.6 Å². The van der Waals surface area contributed by atoms with Crippen LogP contribution in [0.3, 0.4) is 0 Å². The van der Waals surface area contributed by atoms with Crippen molar-refractivity contribution >= 4 is 28.6 Å². The Morgan fingerprint density at radius 2 is 1.79 bits per heavy atom. The quantitative estimate of drug-likeness (QED) is 0.313. The summed E-state index contributed by atoms with van der Waals surface area (Å²) < 4.78 is 15.6. The van der Waals surface area contributed by atoms with Crippen molar-refractivity contribution in [3.05, 3.63) is 70.3 Å². The first-order valence-electron chi connectivity index (χ1n) is 11.3. The number of thioether (sulfide) groups is 1. The lowest BCUT2D eigenvalue weighted by Crippen LogP contribution is -2.30. The fourth-order valence-corrected chi connectivity index (χ4v) is 4.62. The van der Waals surface area contributed by atoms with E-state index in [1.54, 1.807) is 35.9 Å². The summed E-state index contributed by atoms with van der Waals surface area (Å²) in [6, 6.07) is 13.7. The Morgan fingerprint density at radius 1 is 1.09 bits per heavy atom. The van der Waals surface area contributed by atoms with Gasteiger partial charge < -0.3 is 9.80 Å². The van der Waals surface area contributed by atoms with E-state index in [0.29, 0.717) is 28.2 Å². The Balaban J connectivity index is 1.75. The van der Waals surface area contributed by atoms with Crippen LogP contribution in [0.15, 0.2) is 58.5 Å². The standard InChI is InChI=1S/C25H31FN4O2S/c1-4-29(5-2)15-10-16-30-24(32)20-12-7-9-14-22(20)27-25(30)33-18-23(31)28(3)17-19-11-6-8-13-21(19)26/h6-9,11-14H,4-5,10,15-18H2,1-3H3. The van der Waals surface area contributed by atoms with Gasteiger partial charge in [0.25, 0.3) is 5.56 Å². The molecule has 0 aliphatic carbocycles. The molecule has 0 atom stereocenters. The van der Waals surface area contributed by atoms with E-state index >= 15 is 0 Å². The average Bonchev–Trinajstić information content (AvgIpc) is 2.83. The number of hydrogen-bond donors (Lipinski definition) is 0. The molecule has 3 rings (SSSR count). The van der Waals surface area contributed by atoms with Crippen LogP contribution in [0.25, 0.3) is 10.9 Å². The van der Waals surface area contributed by atoms with E-state index in [2.05, 4.69) is 23.7 Å². The molecule has 0 saturated carbocycles. The lowest BCUT2D eigenvalue weighted by Gasteiger charge is -2.20. The highest BCUT2D eigenvalue weighted by Crippen LogP contribution is 2.19. The number of benzene rings is 2. The van der Waals surface area contributed by atoms with E-state index in [4.69, 9.17) is 0 Å². The number of amides is 1. The molecule has 0 spiro atoms. The van der Waals surface area contributed by atoms with Gasteiger partial charge in [-0.05, 0) is 44.3 Å². The van der Waals surface area contributed by atoms with Gasteiger partial charge >= 0.3 is 0 Å². The number of halogens is 1. The minimum Gasteiger partial charge on any atom is -0.341 e. The molecule has 1 amide bonds. The Kier molecular flexibility index (Phi) is 9.03. The van der Waals surface area contributed by atoms with E-state index < -0.39 is 0 Å². The summed E-state index contributed by atoms with van der Waals surface area (Å²) in [4.78, 5) is 34.4. The third-order valence-corrected chi connectivity index (χ3v) is 6.65. The molecule has 0 unspecified atom stereocenters. The van der Waals surface area contributed by atoms with Gasteiger partial charge in [0, 0.05) is 25.7 Å². The molecule has 2 aromatic carbocycles. The van der Waals surface area contributed by atoms with Gasteiger partial charge in [0.15, 0.2) is 5.16 Å². The minimum atomic E-state index is -0.331. The highest BCUT2D eigenvalue weighted by Gasteiger charge is 2.16. The number of carbonyl (C=O) groups is 1. The molecule has 1 aromatic heterocycles. The van der Waals surface area contributed by atoms with Crippen LogP contribution in [0.5, 0.6) is 0 Å². The maximum atomic E-state index is 13.9. The molecule has 0 aliphatic heterocycles. The van der Waals surface area contributed by atoms with Crippen molar-refractivity contribution < 1.29 is 9.18 Å². The number of fused-ring (bicyclic) bond motifs is 1. The van der Waals surface area contributed by atoms with E-state index in [1.165, 1.54) is 22.7 Å². The Hall–Kier alpha value is -2.71. The molecule has 0 fully saturated rings. The SMILES string of the molecule is CCN(CC)CCCn1c(SCC(=O)N(C)Cc2ccccc2F)nc2ccccc2c1=O. The van der Waals surface area contributed by atoms with E-state index in [9.17, 15) is 14.0 Å². The molecule has 0 bridgehead atoms. The molecule has 3 aromatic rings. The molecule has 8 heteroatoms. The van der Waals surface area contributed by atoms with Gasteiger partial charge in [0.2, 0.25) is 5.91 Å². The van der Waals surface area contributed by atoms with Crippen LogP contribution in [0.1, 0.15) is 25.8 Å². The van der Waals surface area contributed by atoms with Gasteiger partial charge in [-0.25, -0.2) is 9.37 Å². The molecule has 33 heavy (non-hydrogen) atoms. The van der Waals surface area contributed by atoms with Gasteiger partial charge in [-0.15, -0.1) is 0 Å². The first-order valence-corrected chi connectivity index (χ1v) is 12.2. The van der Waals surface area contributed by atoms with Crippen LogP contribution in [-0.4, -0.2) is 57.7 Å². The van der Waals surface area contributed by atoms with Crippen LogP contribution >= 0.6 is 11.8 Å². The van der Waals surface area contributed by atoms with Gasteiger partial charge in [-0.2, -0.15) is 0 Å². The highest BCUT2D eigenvalue weighted by molar-refractivity contribution is 7.99. The second kappa shape index (κ2) is 12.0. The smallest absolute Gasteiger partial charge is 0.262 e. The molecular formula is C25H31FN4O2S. The molecule has 0 aliphatic rings. The Bertz CT molecular complexity index is 1150. The van der Waals surface area contributed by atoms with Crippen LogP contribution < -0.4 is 5.56 Å². The zero-order valence-electron chi connectivity index (χ0n) is 19.5. The van der Waals surface area contributed by atoms with Gasteiger partial charge in [-0.3, -0.25) is 14.2 Å². The zero-order valence-corrected chi connectivity index (χ0v) is 20.3. The van der Waals surface area contributed by atoms with Crippen LogP contribution in [0.2, 0.25) is 0 Å². The van der Waals surface area contributed by atoms with Crippen molar-refractivity contribution in [1.82, 2.24) is 19.4 Å². The van der Waals surface area contributed by atoms with Crippen LogP contribution in [0, 0.1) is 5.82 Å². The summed E-state index contributed by atoms with van der Waals surface area (Å²) in [6.45, 7) is 7.79. The Morgan fingerprint density at radius 3 is 2.52 bits per heavy atom. The van der Waals surface area contributed by atoms with E-state index in [1.807, 2.05) is 18.2 Å². The Labute approximate surface area is 198 Å². The van der Waals surface area contributed by atoms with Crippen LogP contribution in [0.4, 0.5) is 4.39 Å². The molecule has 0 N–H and O–H groups in total. The average molecular weight is 471 g/mol. The lowest BCUT2D eigenvalue weighted by molar-refractivity contribution is -0.127. The van der Waals surface area contributed by atoms with Crippen molar-refractivity contribution in [2.45, 2.75) is 38.5 Å². The number of carbonyl (C=O) groups excluding carboxylic acids is 1. The normalized spacial score (nSPS) is 11.3. The van der Waals surface area contributed by atoms with Crippen molar-refractivity contribution in [1.29, 1.82) is 0 Å². The van der Waals surface area contributed by atoms with E-state index in [0.717, 1.165) is 26.1 Å². The van der Waals surface area contributed by atoms with Gasteiger partial charge in [0.05, 0.1) is 16.7 Å². The summed E-state index contributed by atoms with van der Waals surface area (Å²) in [5.41, 5.74) is 1.00. The predicted molar refractivity (Wildman–Crippen MR) is 132 cm³/mol. The maximum Gasteiger partial charge on any atom is 0.262 e. The van der Waals surface area contributed by atoms with Crippen molar-refractivity contribution in [2.24, 2.45) is 0 Å². The molecule has 6 nitrogen and oxygen atoms in total. The second-order valence-electron chi connectivity index (χ2n) is 7.88. The van der Waals surface area contributed by atoms with Crippen molar-refractivity contribution in [3.63, 3.8) is 0 Å². The van der Waals surface area contributed by atoms with Crippen LogP contribution in [-0.2, 0) is 17.9 Å². The molecule has 0 radical (unpaired) electrons. The van der Waals surface area contributed by atoms with Gasteiger partial charge in [0.1, 0.15) is 5.82 Å². The largest absolute Gasteiger partial charge is 0.341 e. The molecule has 1 heterocycles. The first-order chi connectivity index (χ1) is 15.9. The highest BCUT2D eigenvalue weighted by atomic mass is 32.2. The topological polar surface area (TPSA) is 58.4 Å². The monoisotopic (exact) mass is 470 g/mol. The zero-order chi connectivity index (χ0) is 23.8. The number of nitrogens with zero attached hydrogens (tertiary/aromatic N) is 4.